The number of carbonyl (C=O) groups is 1. The Morgan fingerprint density at radius 3 is 3.04 bits per heavy atom. The molecule has 2 aromatic heterocycles. The van der Waals surface area contributed by atoms with Crippen LogP contribution < -0.4 is 0 Å². The average Bonchev–Trinajstić information content (AvgIpc) is 3.16. The number of aromatic nitrogens is 2. The lowest BCUT2D eigenvalue weighted by Gasteiger charge is -2.27. The zero-order chi connectivity index (χ0) is 16.4. The van der Waals surface area contributed by atoms with Gasteiger partial charge in [-0.1, -0.05) is 0 Å². The number of aromatic amines is 1. The van der Waals surface area contributed by atoms with Crippen molar-refractivity contribution in [2.75, 3.05) is 19.3 Å². The summed E-state index contributed by atoms with van der Waals surface area (Å²) in [5.41, 5.74) is 2.59. The Hall–Kier alpha value is -1.67. The van der Waals surface area contributed by atoms with Crippen LogP contribution in [-0.2, 0) is 6.42 Å². The number of nitrogens with zero attached hydrogens (tertiary/aromatic N) is 2. The normalized spacial score (nSPS) is 14.0. The van der Waals surface area contributed by atoms with Crippen molar-refractivity contribution < 1.29 is 13.6 Å². The maximum absolute atomic E-state index is 12.7. The molecule has 8 heteroatoms. The van der Waals surface area contributed by atoms with Crippen LogP contribution in [0, 0.1) is 0 Å². The fraction of sp³-hybridized carbons (Fsp3) is 0.333. The standard InChI is InChI=1S/C15H15F2N3OS2/c1-22-15-12-9(13(23-15)10-4-6-18-19-10)5-8-20(14(12)21)7-2-3-11(16)17/h3-4,6H,2,5,7-8H2,1H3,(H,18,19). The monoisotopic (exact) mass is 355 g/mol. The number of amides is 1. The first-order chi connectivity index (χ1) is 11.1. The summed E-state index contributed by atoms with van der Waals surface area (Å²) in [6.07, 6.45) is 3.76. The molecule has 0 unspecified atom stereocenters. The highest BCUT2D eigenvalue weighted by Gasteiger charge is 2.31. The second kappa shape index (κ2) is 6.84. The minimum absolute atomic E-state index is 0.0682. The molecule has 0 atom stereocenters. The molecular weight excluding hydrogens is 340 g/mol. The topological polar surface area (TPSA) is 49.0 Å². The molecule has 2 aromatic rings. The number of thioether (sulfide) groups is 1. The third-order valence-corrected chi connectivity index (χ3v) is 6.10. The molecule has 1 aliphatic rings. The SMILES string of the molecule is CSc1sc(-c2cc[nH]n2)c2c1C(=O)N(CCC=C(F)F)CC2. The average molecular weight is 355 g/mol. The molecule has 122 valence electrons. The fourth-order valence-electron chi connectivity index (χ4n) is 2.68. The third-order valence-electron chi connectivity index (χ3n) is 3.72. The number of H-pyrrole nitrogens is 1. The van der Waals surface area contributed by atoms with Crippen LogP contribution in [-0.4, -0.2) is 40.3 Å². The Balaban J connectivity index is 1.90. The zero-order valence-corrected chi connectivity index (χ0v) is 14.1. The van der Waals surface area contributed by atoms with Gasteiger partial charge in [-0.2, -0.15) is 13.9 Å². The first-order valence-electron chi connectivity index (χ1n) is 7.12. The van der Waals surface area contributed by atoms with Gasteiger partial charge in [0.2, 0.25) is 0 Å². The van der Waals surface area contributed by atoms with Crippen LogP contribution in [0.15, 0.2) is 28.6 Å². The lowest BCUT2D eigenvalue weighted by atomic mass is 10.0. The molecule has 0 fully saturated rings. The van der Waals surface area contributed by atoms with Crippen LogP contribution in [0.5, 0.6) is 0 Å². The lowest BCUT2D eigenvalue weighted by molar-refractivity contribution is 0.0740. The summed E-state index contributed by atoms with van der Waals surface area (Å²) in [6, 6.07) is 1.89. The second-order valence-corrected chi connectivity index (χ2v) is 7.16. The molecule has 0 spiro atoms. The van der Waals surface area contributed by atoms with Gasteiger partial charge < -0.3 is 4.90 Å². The number of hydrogen-bond donors (Lipinski definition) is 1. The first kappa shape index (κ1) is 16.2. The van der Waals surface area contributed by atoms with Crippen molar-refractivity contribution in [1.29, 1.82) is 0 Å². The molecule has 0 bridgehead atoms. The molecule has 0 aliphatic carbocycles. The number of halogens is 2. The van der Waals surface area contributed by atoms with E-state index in [1.807, 2.05) is 12.3 Å². The van der Waals surface area contributed by atoms with Crippen molar-refractivity contribution in [3.63, 3.8) is 0 Å². The maximum atomic E-state index is 12.7. The molecule has 3 heterocycles. The van der Waals surface area contributed by atoms with E-state index < -0.39 is 6.08 Å². The highest BCUT2D eigenvalue weighted by atomic mass is 32.2. The minimum atomic E-state index is -1.70. The van der Waals surface area contributed by atoms with Crippen LogP contribution in [0.2, 0.25) is 0 Å². The van der Waals surface area contributed by atoms with Gasteiger partial charge in [0.15, 0.2) is 0 Å². The number of thiophene rings is 1. The second-order valence-electron chi connectivity index (χ2n) is 5.06. The van der Waals surface area contributed by atoms with Gasteiger partial charge in [0, 0.05) is 19.3 Å². The number of hydrogen-bond acceptors (Lipinski definition) is 4. The molecule has 1 amide bonds. The molecule has 0 aromatic carbocycles. The van der Waals surface area contributed by atoms with Crippen LogP contribution in [0.3, 0.4) is 0 Å². The molecule has 3 rings (SSSR count). The van der Waals surface area contributed by atoms with Crippen molar-refractivity contribution in [1.82, 2.24) is 15.1 Å². The Labute approximate surface area is 140 Å². The Morgan fingerprint density at radius 1 is 1.57 bits per heavy atom. The fourth-order valence-corrected chi connectivity index (χ4v) is 4.73. The van der Waals surface area contributed by atoms with Gasteiger partial charge >= 0.3 is 0 Å². The highest BCUT2D eigenvalue weighted by molar-refractivity contribution is 8.00. The molecular formula is C15H15F2N3OS2. The number of nitrogens with one attached hydrogen (secondary N) is 1. The van der Waals surface area contributed by atoms with Gasteiger partial charge in [-0.05, 0) is 36.8 Å². The zero-order valence-electron chi connectivity index (χ0n) is 12.4. The van der Waals surface area contributed by atoms with Crippen LogP contribution >= 0.6 is 23.1 Å². The summed E-state index contributed by atoms with van der Waals surface area (Å²) in [5, 5.41) is 7.01. The van der Waals surface area contributed by atoms with E-state index in [1.54, 1.807) is 22.4 Å². The van der Waals surface area contributed by atoms with Gasteiger partial charge in [-0.15, -0.1) is 23.1 Å². The molecule has 0 saturated heterocycles. The van der Waals surface area contributed by atoms with E-state index in [-0.39, 0.29) is 12.3 Å². The van der Waals surface area contributed by atoms with Gasteiger partial charge in [0.1, 0.15) is 5.69 Å². The van der Waals surface area contributed by atoms with E-state index in [9.17, 15) is 13.6 Å². The van der Waals surface area contributed by atoms with Gasteiger partial charge in [-0.3, -0.25) is 9.89 Å². The van der Waals surface area contributed by atoms with E-state index in [2.05, 4.69) is 10.2 Å². The van der Waals surface area contributed by atoms with E-state index >= 15 is 0 Å². The number of rotatable bonds is 5. The van der Waals surface area contributed by atoms with Crippen LogP contribution in [0.25, 0.3) is 10.6 Å². The summed E-state index contributed by atoms with van der Waals surface area (Å²) in [7, 11) is 0. The molecule has 23 heavy (non-hydrogen) atoms. The Morgan fingerprint density at radius 2 is 2.39 bits per heavy atom. The maximum Gasteiger partial charge on any atom is 0.266 e. The van der Waals surface area contributed by atoms with Gasteiger partial charge in [0.25, 0.3) is 12.0 Å². The van der Waals surface area contributed by atoms with Gasteiger partial charge in [0.05, 0.1) is 14.6 Å². The smallest absolute Gasteiger partial charge is 0.266 e. The summed E-state index contributed by atoms with van der Waals surface area (Å²) < 4.78 is 25.3. The van der Waals surface area contributed by atoms with Crippen molar-refractivity contribution in [2.45, 2.75) is 17.1 Å². The molecule has 1 aliphatic heterocycles. The van der Waals surface area contributed by atoms with Gasteiger partial charge in [-0.25, -0.2) is 0 Å². The van der Waals surface area contributed by atoms with E-state index in [4.69, 9.17) is 0 Å². The predicted octanol–water partition coefficient (Wildman–Crippen LogP) is 4.03. The van der Waals surface area contributed by atoms with E-state index in [0.717, 1.165) is 38.4 Å². The third kappa shape index (κ3) is 3.18. The Bertz CT molecular complexity index is 736. The van der Waals surface area contributed by atoms with Crippen LogP contribution in [0.1, 0.15) is 22.3 Å². The van der Waals surface area contributed by atoms with E-state index in [0.29, 0.717) is 13.1 Å². The number of fused-ring (bicyclic) bond motifs is 1. The minimum Gasteiger partial charge on any atom is -0.338 e. The molecule has 0 saturated carbocycles. The van der Waals surface area contributed by atoms with Crippen LogP contribution in [0.4, 0.5) is 8.78 Å². The Kier molecular flexibility index (Phi) is 4.82. The van der Waals surface area contributed by atoms with Crippen molar-refractivity contribution in [3.8, 4) is 10.6 Å². The van der Waals surface area contributed by atoms with Crippen molar-refractivity contribution in [3.05, 3.63) is 35.5 Å². The quantitative estimate of drug-likeness (QED) is 0.824. The molecule has 0 radical (unpaired) electrons. The lowest BCUT2D eigenvalue weighted by Crippen LogP contribution is -2.38. The summed E-state index contributed by atoms with van der Waals surface area (Å²) in [4.78, 5) is 15.4. The molecule has 1 N–H and O–H groups in total. The first-order valence-corrected chi connectivity index (χ1v) is 9.16. The predicted molar refractivity (Wildman–Crippen MR) is 88.2 cm³/mol. The van der Waals surface area contributed by atoms with E-state index in [1.165, 1.54) is 11.8 Å². The molecule has 4 nitrogen and oxygen atoms in total. The summed E-state index contributed by atoms with van der Waals surface area (Å²) in [5.74, 6) is -0.0682. The largest absolute Gasteiger partial charge is 0.338 e. The summed E-state index contributed by atoms with van der Waals surface area (Å²) in [6.45, 7) is 0.868. The van der Waals surface area contributed by atoms with Crippen molar-refractivity contribution in [2.24, 2.45) is 0 Å². The summed E-state index contributed by atoms with van der Waals surface area (Å²) >= 11 is 3.11. The number of carbonyl (C=O) groups excluding carboxylic acids is 1. The highest BCUT2D eigenvalue weighted by Crippen LogP contribution is 2.42. The van der Waals surface area contributed by atoms with Crippen molar-refractivity contribution >= 4 is 29.0 Å².